The van der Waals surface area contributed by atoms with Crippen molar-refractivity contribution in [1.29, 1.82) is 0 Å². The lowest BCUT2D eigenvalue weighted by atomic mass is 9.98. The zero-order chi connectivity index (χ0) is 13.3. The highest BCUT2D eigenvalue weighted by atomic mass is 19.2. The number of carbonyl (C=O) groups excluding carboxylic acids is 1. The fraction of sp³-hybridized carbons (Fsp3) is 0.0714. The highest BCUT2D eigenvalue weighted by molar-refractivity contribution is 6.10. The minimum Gasteiger partial charge on any atom is -0.288 e. The molecule has 0 spiro atoms. The number of rotatable bonds is 2. The summed E-state index contributed by atoms with van der Waals surface area (Å²) in [6.45, 7) is 1.60. The van der Waals surface area contributed by atoms with Gasteiger partial charge in [-0.3, -0.25) is 4.79 Å². The summed E-state index contributed by atoms with van der Waals surface area (Å²) in [6, 6.07) is 6.96. The maximum Gasteiger partial charge on any atom is 0.196 e. The molecule has 0 heterocycles. The smallest absolute Gasteiger partial charge is 0.196 e. The van der Waals surface area contributed by atoms with Crippen molar-refractivity contribution >= 4 is 5.78 Å². The van der Waals surface area contributed by atoms with Crippen LogP contribution in [0.5, 0.6) is 0 Å². The lowest BCUT2D eigenvalue weighted by Gasteiger charge is -2.06. The molecular weight excluding hydrogens is 241 g/mol. The van der Waals surface area contributed by atoms with E-state index < -0.39 is 28.8 Å². The minimum atomic E-state index is -1.22. The Kier molecular flexibility index (Phi) is 3.19. The highest BCUT2D eigenvalue weighted by Gasteiger charge is 2.18. The number of aryl methyl sites for hydroxylation is 1. The van der Waals surface area contributed by atoms with E-state index in [0.29, 0.717) is 5.56 Å². The van der Waals surface area contributed by atoms with Crippen LogP contribution in [0, 0.1) is 24.4 Å². The predicted octanol–water partition coefficient (Wildman–Crippen LogP) is 3.64. The van der Waals surface area contributed by atoms with E-state index in [2.05, 4.69) is 0 Å². The molecule has 1 nitrogen and oxygen atoms in total. The Morgan fingerprint density at radius 1 is 1.00 bits per heavy atom. The van der Waals surface area contributed by atoms with Crippen LogP contribution in [0.2, 0.25) is 0 Å². The van der Waals surface area contributed by atoms with Gasteiger partial charge in [-0.25, -0.2) is 13.2 Å². The Labute approximate surface area is 102 Å². The van der Waals surface area contributed by atoms with E-state index in [1.54, 1.807) is 6.92 Å². The quantitative estimate of drug-likeness (QED) is 0.743. The summed E-state index contributed by atoms with van der Waals surface area (Å²) in [5.41, 5.74) is 0.133. The van der Waals surface area contributed by atoms with Gasteiger partial charge >= 0.3 is 0 Å². The van der Waals surface area contributed by atoms with Crippen LogP contribution in [0.3, 0.4) is 0 Å². The van der Waals surface area contributed by atoms with Gasteiger partial charge in [0.25, 0.3) is 0 Å². The zero-order valence-electron chi connectivity index (χ0n) is 9.51. The molecule has 0 bridgehead atoms. The Morgan fingerprint density at radius 3 is 2.44 bits per heavy atom. The van der Waals surface area contributed by atoms with E-state index in [4.69, 9.17) is 0 Å². The molecular formula is C14H9F3O. The average molecular weight is 250 g/mol. The first kappa shape index (κ1) is 12.4. The summed E-state index contributed by atoms with van der Waals surface area (Å²) in [7, 11) is 0. The SMILES string of the molecule is Cc1ccc(F)cc1C(=O)c1cccc(F)c1F. The van der Waals surface area contributed by atoms with E-state index in [1.165, 1.54) is 24.3 Å². The third-order valence-corrected chi connectivity index (χ3v) is 2.64. The largest absolute Gasteiger partial charge is 0.288 e. The fourth-order valence-corrected chi connectivity index (χ4v) is 1.66. The van der Waals surface area contributed by atoms with Gasteiger partial charge in [0.1, 0.15) is 5.82 Å². The third kappa shape index (κ3) is 2.14. The number of ketones is 1. The van der Waals surface area contributed by atoms with Gasteiger partial charge in [0.05, 0.1) is 5.56 Å². The van der Waals surface area contributed by atoms with E-state index in [-0.39, 0.29) is 5.56 Å². The van der Waals surface area contributed by atoms with Crippen molar-refractivity contribution in [2.75, 3.05) is 0 Å². The molecule has 0 aromatic heterocycles. The zero-order valence-corrected chi connectivity index (χ0v) is 9.51. The molecule has 0 radical (unpaired) electrons. The summed E-state index contributed by atoms with van der Waals surface area (Å²) in [4.78, 5) is 12.0. The topological polar surface area (TPSA) is 17.1 Å². The Hall–Kier alpha value is -2.10. The molecule has 0 saturated heterocycles. The second-order valence-electron chi connectivity index (χ2n) is 3.89. The fourth-order valence-electron chi connectivity index (χ4n) is 1.66. The molecule has 2 rings (SSSR count). The van der Waals surface area contributed by atoms with Crippen molar-refractivity contribution < 1.29 is 18.0 Å². The lowest BCUT2D eigenvalue weighted by Crippen LogP contribution is -2.08. The first-order valence-electron chi connectivity index (χ1n) is 5.25. The average Bonchev–Trinajstić information content (AvgIpc) is 2.35. The maximum atomic E-state index is 13.5. The van der Waals surface area contributed by atoms with Crippen molar-refractivity contribution in [3.05, 3.63) is 70.5 Å². The van der Waals surface area contributed by atoms with Crippen LogP contribution in [0.15, 0.2) is 36.4 Å². The Bertz CT molecular complexity index is 616. The summed E-state index contributed by atoms with van der Waals surface area (Å²) in [5.74, 6) is -3.65. The summed E-state index contributed by atoms with van der Waals surface area (Å²) >= 11 is 0. The molecule has 0 N–H and O–H groups in total. The van der Waals surface area contributed by atoms with Gasteiger partial charge in [0.2, 0.25) is 0 Å². The molecule has 0 amide bonds. The number of carbonyl (C=O) groups is 1. The van der Waals surface area contributed by atoms with Crippen molar-refractivity contribution in [1.82, 2.24) is 0 Å². The number of halogens is 3. The van der Waals surface area contributed by atoms with Gasteiger partial charge in [0, 0.05) is 5.56 Å². The minimum absolute atomic E-state index is 0.0273. The lowest BCUT2D eigenvalue weighted by molar-refractivity contribution is 0.103. The number of hydrogen-bond acceptors (Lipinski definition) is 1. The van der Waals surface area contributed by atoms with E-state index in [9.17, 15) is 18.0 Å². The van der Waals surface area contributed by atoms with Crippen LogP contribution >= 0.6 is 0 Å². The van der Waals surface area contributed by atoms with Gasteiger partial charge in [-0.2, -0.15) is 0 Å². The molecule has 2 aromatic carbocycles. The van der Waals surface area contributed by atoms with E-state index >= 15 is 0 Å². The third-order valence-electron chi connectivity index (χ3n) is 2.64. The molecule has 92 valence electrons. The molecule has 0 saturated carbocycles. The van der Waals surface area contributed by atoms with Gasteiger partial charge in [0.15, 0.2) is 17.4 Å². The van der Waals surface area contributed by atoms with Crippen molar-refractivity contribution in [2.24, 2.45) is 0 Å². The maximum absolute atomic E-state index is 13.5. The number of hydrogen-bond donors (Lipinski definition) is 0. The van der Waals surface area contributed by atoms with Gasteiger partial charge in [-0.05, 0) is 36.8 Å². The van der Waals surface area contributed by atoms with Gasteiger partial charge in [-0.15, -0.1) is 0 Å². The molecule has 4 heteroatoms. The standard InChI is InChI=1S/C14H9F3O/c1-8-5-6-9(15)7-11(8)14(18)10-3-2-4-12(16)13(10)17/h2-7H,1H3. The molecule has 0 unspecified atom stereocenters. The van der Waals surface area contributed by atoms with Crippen LogP contribution in [-0.4, -0.2) is 5.78 Å². The van der Waals surface area contributed by atoms with Crippen LogP contribution in [0.1, 0.15) is 21.5 Å². The molecule has 2 aromatic rings. The van der Waals surface area contributed by atoms with Crippen molar-refractivity contribution in [2.45, 2.75) is 6.92 Å². The highest BCUT2D eigenvalue weighted by Crippen LogP contribution is 2.19. The number of benzene rings is 2. The van der Waals surface area contributed by atoms with Gasteiger partial charge < -0.3 is 0 Å². The first-order valence-corrected chi connectivity index (χ1v) is 5.25. The first-order chi connectivity index (χ1) is 8.50. The van der Waals surface area contributed by atoms with Gasteiger partial charge in [-0.1, -0.05) is 12.1 Å². The molecule has 0 fully saturated rings. The van der Waals surface area contributed by atoms with Crippen LogP contribution < -0.4 is 0 Å². The normalized spacial score (nSPS) is 10.4. The Morgan fingerprint density at radius 2 is 1.72 bits per heavy atom. The van der Waals surface area contributed by atoms with Crippen LogP contribution in [0.25, 0.3) is 0 Å². The molecule has 18 heavy (non-hydrogen) atoms. The summed E-state index contributed by atoms with van der Waals surface area (Å²) in [5, 5.41) is 0. The van der Waals surface area contributed by atoms with Crippen LogP contribution in [0.4, 0.5) is 13.2 Å². The van der Waals surface area contributed by atoms with Crippen molar-refractivity contribution in [3.8, 4) is 0 Å². The monoisotopic (exact) mass is 250 g/mol. The summed E-state index contributed by atoms with van der Waals surface area (Å²) in [6.07, 6.45) is 0. The van der Waals surface area contributed by atoms with E-state index in [0.717, 1.165) is 12.1 Å². The summed E-state index contributed by atoms with van der Waals surface area (Å²) < 4.78 is 39.6. The second-order valence-corrected chi connectivity index (χ2v) is 3.89. The molecule has 0 atom stereocenters. The second kappa shape index (κ2) is 4.64. The Balaban J connectivity index is 2.55. The van der Waals surface area contributed by atoms with E-state index in [1.807, 2.05) is 0 Å². The molecule has 0 aliphatic heterocycles. The van der Waals surface area contributed by atoms with Crippen LogP contribution in [-0.2, 0) is 0 Å². The predicted molar refractivity (Wildman–Crippen MR) is 60.9 cm³/mol. The molecule has 0 aliphatic rings. The molecule has 0 aliphatic carbocycles. The van der Waals surface area contributed by atoms with Crippen molar-refractivity contribution in [3.63, 3.8) is 0 Å².